The first-order valence-corrected chi connectivity index (χ1v) is 6.04. The minimum atomic E-state index is -2.82. The predicted molar refractivity (Wildman–Crippen MR) is 62.4 cm³/mol. The van der Waals surface area contributed by atoms with Crippen molar-refractivity contribution in [1.82, 2.24) is 4.98 Å². The SMILES string of the molecule is CCOC(=O)c1cnc(Br)c(CCl)c1C(F)F. The number of ether oxygens (including phenoxy) is 1. The molecule has 0 spiro atoms. The lowest BCUT2D eigenvalue weighted by Crippen LogP contribution is -2.12. The van der Waals surface area contributed by atoms with Crippen LogP contribution in [0, 0.1) is 0 Å². The Morgan fingerprint density at radius 3 is 2.76 bits per heavy atom. The third-order valence-electron chi connectivity index (χ3n) is 2.02. The van der Waals surface area contributed by atoms with Crippen LogP contribution in [-0.2, 0) is 10.6 Å². The molecule has 0 amide bonds. The van der Waals surface area contributed by atoms with Crippen molar-refractivity contribution in [3.05, 3.63) is 27.5 Å². The summed E-state index contributed by atoms with van der Waals surface area (Å²) in [4.78, 5) is 15.3. The van der Waals surface area contributed by atoms with Crippen LogP contribution >= 0.6 is 27.5 Å². The summed E-state index contributed by atoms with van der Waals surface area (Å²) in [6.07, 6.45) is -1.76. The summed E-state index contributed by atoms with van der Waals surface area (Å²) in [5, 5.41) is 0. The van der Waals surface area contributed by atoms with Crippen LogP contribution < -0.4 is 0 Å². The van der Waals surface area contributed by atoms with Gasteiger partial charge in [0, 0.05) is 17.3 Å². The number of hydrogen-bond acceptors (Lipinski definition) is 3. The lowest BCUT2D eigenvalue weighted by Gasteiger charge is -2.12. The number of rotatable bonds is 4. The molecule has 3 nitrogen and oxygen atoms in total. The van der Waals surface area contributed by atoms with Gasteiger partial charge in [-0.2, -0.15) is 0 Å². The number of nitrogens with zero attached hydrogens (tertiary/aromatic N) is 1. The molecule has 0 saturated carbocycles. The molecule has 0 fully saturated rings. The average molecular weight is 329 g/mol. The van der Waals surface area contributed by atoms with Crippen LogP contribution in [-0.4, -0.2) is 17.6 Å². The summed E-state index contributed by atoms with van der Waals surface area (Å²) < 4.78 is 30.8. The van der Waals surface area contributed by atoms with Crippen molar-refractivity contribution in [1.29, 1.82) is 0 Å². The second kappa shape index (κ2) is 6.26. The van der Waals surface area contributed by atoms with Gasteiger partial charge < -0.3 is 4.74 Å². The standard InChI is InChI=1S/C10H9BrClF2NO2/c1-2-17-10(16)6-4-15-8(11)5(3-12)7(6)9(13)14/h4,9H,2-3H2,1H3. The van der Waals surface area contributed by atoms with Gasteiger partial charge in [-0.3, -0.25) is 0 Å². The maximum atomic E-state index is 12.9. The highest BCUT2D eigenvalue weighted by Crippen LogP contribution is 2.31. The van der Waals surface area contributed by atoms with Gasteiger partial charge in [-0.15, -0.1) is 11.6 Å². The molecule has 1 rings (SSSR count). The largest absolute Gasteiger partial charge is 0.462 e. The molecule has 0 saturated heterocycles. The normalized spacial score (nSPS) is 10.7. The smallest absolute Gasteiger partial charge is 0.340 e. The number of alkyl halides is 3. The van der Waals surface area contributed by atoms with E-state index in [0.29, 0.717) is 0 Å². The van der Waals surface area contributed by atoms with E-state index in [1.165, 1.54) is 0 Å². The molecule has 94 valence electrons. The Labute approximate surface area is 110 Å². The van der Waals surface area contributed by atoms with E-state index in [2.05, 4.69) is 25.7 Å². The number of aromatic nitrogens is 1. The first kappa shape index (κ1) is 14.3. The Kier molecular flexibility index (Phi) is 5.27. The molecule has 0 radical (unpaired) electrons. The fourth-order valence-corrected chi connectivity index (χ4v) is 2.18. The molecule has 17 heavy (non-hydrogen) atoms. The van der Waals surface area contributed by atoms with Crippen molar-refractivity contribution >= 4 is 33.5 Å². The van der Waals surface area contributed by atoms with Crippen molar-refractivity contribution in [3.63, 3.8) is 0 Å². The van der Waals surface area contributed by atoms with Crippen LogP contribution in [0.3, 0.4) is 0 Å². The molecule has 1 heterocycles. The zero-order valence-corrected chi connectivity index (χ0v) is 11.2. The van der Waals surface area contributed by atoms with Crippen molar-refractivity contribution in [2.75, 3.05) is 6.61 Å². The Balaban J connectivity index is 3.35. The van der Waals surface area contributed by atoms with E-state index in [1.807, 2.05) is 0 Å². The van der Waals surface area contributed by atoms with Crippen LogP contribution in [0.4, 0.5) is 8.78 Å². The summed E-state index contributed by atoms with van der Waals surface area (Å²) in [6.45, 7) is 1.70. The Hall–Kier alpha value is -0.750. The number of hydrogen-bond donors (Lipinski definition) is 0. The molecular formula is C10H9BrClF2NO2. The number of halogens is 4. The van der Waals surface area contributed by atoms with E-state index in [0.717, 1.165) is 6.20 Å². The highest BCUT2D eigenvalue weighted by molar-refractivity contribution is 9.10. The third kappa shape index (κ3) is 3.13. The van der Waals surface area contributed by atoms with Crippen LogP contribution in [0.15, 0.2) is 10.8 Å². The van der Waals surface area contributed by atoms with Crippen molar-refractivity contribution in [3.8, 4) is 0 Å². The van der Waals surface area contributed by atoms with E-state index in [1.54, 1.807) is 6.92 Å². The van der Waals surface area contributed by atoms with Crippen molar-refractivity contribution < 1.29 is 18.3 Å². The molecule has 7 heteroatoms. The lowest BCUT2D eigenvalue weighted by atomic mass is 10.1. The number of pyridine rings is 1. The molecule has 0 aliphatic rings. The first-order chi connectivity index (χ1) is 8.02. The molecule has 0 atom stereocenters. The van der Waals surface area contributed by atoms with E-state index in [9.17, 15) is 13.6 Å². The Morgan fingerprint density at radius 2 is 2.29 bits per heavy atom. The first-order valence-electron chi connectivity index (χ1n) is 4.71. The minimum absolute atomic E-state index is 0.104. The quantitative estimate of drug-likeness (QED) is 0.481. The van der Waals surface area contributed by atoms with Gasteiger partial charge in [0.15, 0.2) is 0 Å². The fourth-order valence-electron chi connectivity index (χ4n) is 1.29. The number of esters is 1. The van der Waals surface area contributed by atoms with Gasteiger partial charge in [0.25, 0.3) is 6.43 Å². The molecule has 1 aromatic rings. The van der Waals surface area contributed by atoms with E-state index in [-0.39, 0.29) is 28.2 Å². The van der Waals surface area contributed by atoms with E-state index >= 15 is 0 Å². The van der Waals surface area contributed by atoms with Crippen LogP contribution in [0.1, 0.15) is 34.8 Å². The number of carbonyl (C=O) groups excluding carboxylic acids is 1. The van der Waals surface area contributed by atoms with Crippen molar-refractivity contribution in [2.45, 2.75) is 19.2 Å². The molecule has 0 N–H and O–H groups in total. The molecule has 0 aliphatic carbocycles. The second-order valence-corrected chi connectivity index (χ2v) is 4.03. The van der Waals surface area contributed by atoms with Gasteiger partial charge in [-0.1, -0.05) is 0 Å². The van der Waals surface area contributed by atoms with Crippen LogP contribution in [0.2, 0.25) is 0 Å². The maximum absolute atomic E-state index is 12.9. The zero-order chi connectivity index (χ0) is 13.0. The van der Waals surface area contributed by atoms with Crippen molar-refractivity contribution in [2.24, 2.45) is 0 Å². The third-order valence-corrected chi connectivity index (χ3v) is 2.97. The maximum Gasteiger partial charge on any atom is 0.340 e. The highest BCUT2D eigenvalue weighted by atomic mass is 79.9. The van der Waals surface area contributed by atoms with E-state index < -0.39 is 18.0 Å². The molecule has 1 aromatic heterocycles. The lowest BCUT2D eigenvalue weighted by molar-refractivity contribution is 0.0514. The predicted octanol–water partition coefficient (Wildman–Crippen LogP) is 3.70. The monoisotopic (exact) mass is 327 g/mol. The summed E-state index contributed by atoms with van der Waals surface area (Å²) in [5.74, 6) is -0.991. The summed E-state index contributed by atoms with van der Waals surface area (Å²) in [5.41, 5.74) is -0.576. The Bertz CT molecular complexity index is 429. The Morgan fingerprint density at radius 1 is 1.65 bits per heavy atom. The zero-order valence-electron chi connectivity index (χ0n) is 8.84. The van der Waals surface area contributed by atoms with Crippen LogP contribution in [0.5, 0.6) is 0 Å². The minimum Gasteiger partial charge on any atom is -0.462 e. The average Bonchev–Trinajstić information content (AvgIpc) is 2.28. The van der Waals surface area contributed by atoms with Crippen LogP contribution in [0.25, 0.3) is 0 Å². The van der Waals surface area contributed by atoms with Gasteiger partial charge in [0.1, 0.15) is 4.60 Å². The van der Waals surface area contributed by atoms with Gasteiger partial charge in [0.2, 0.25) is 0 Å². The highest BCUT2D eigenvalue weighted by Gasteiger charge is 2.25. The molecule has 0 bridgehead atoms. The van der Waals surface area contributed by atoms with Gasteiger partial charge in [0.05, 0.1) is 18.1 Å². The molecule has 0 aliphatic heterocycles. The molecule has 0 aromatic carbocycles. The summed E-state index contributed by atoms with van der Waals surface area (Å²) in [6, 6.07) is 0. The van der Waals surface area contributed by atoms with Gasteiger partial charge in [-0.25, -0.2) is 18.6 Å². The van der Waals surface area contributed by atoms with Gasteiger partial charge in [-0.05, 0) is 22.9 Å². The second-order valence-electron chi connectivity index (χ2n) is 3.01. The molecular weight excluding hydrogens is 319 g/mol. The summed E-state index contributed by atoms with van der Waals surface area (Å²) in [7, 11) is 0. The number of carbonyl (C=O) groups is 1. The topological polar surface area (TPSA) is 39.2 Å². The van der Waals surface area contributed by atoms with E-state index in [4.69, 9.17) is 11.6 Å². The fraction of sp³-hybridized carbons (Fsp3) is 0.400. The molecule has 0 unspecified atom stereocenters. The van der Waals surface area contributed by atoms with Gasteiger partial charge >= 0.3 is 5.97 Å². The summed E-state index contributed by atoms with van der Waals surface area (Å²) >= 11 is 8.60.